The Morgan fingerprint density at radius 3 is 2.17 bits per heavy atom. The molecule has 3 heterocycles. The van der Waals surface area contributed by atoms with Crippen LogP contribution in [0.3, 0.4) is 0 Å². The van der Waals surface area contributed by atoms with Gasteiger partial charge in [-0.05, 0) is 52.6 Å². The molecule has 0 aromatic heterocycles. The van der Waals surface area contributed by atoms with E-state index in [0.717, 1.165) is 25.9 Å². The van der Waals surface area contributed by atoms with Crippen molar-refractivity contribution in [1.82, 2.24) is 4.90 Å². The lowest BCUT2D eigenvalue weighted by atomic mass is 9.66. The fourth-order valence-corrected chi connectivity index (χ4v) is 3.00. The summed E-state index contributed by atoms with van der Waals surface area (Å²) in [6.07, 6.45) is 1.54. The molecule has 0 saturated carbocycles. The molecule has 2 bridgehead atoms. The summed E-state index contributed by atoms with van der Waals surface area (Å²) in [5.74, 6) is -1.70. The maximum Gasteiger partial charge on any atom is 0.325 e. The van der Waals surface area contributed by atoms with E-state index in [1.54, 1.807) is 20.8 Å². The van der Waals surface area contributed by atoms with Crippen LogP contribution in [-0.2, 0) is 14.3 Å². The van der Waals surface area contributed by atoms with Crippen molar-refractivity contribution in [3.63, 3.8) is 0 Å². The average molecular weight is 255 g/mol. The smallest absolute Gasteiger partial charge is 0.325 e. The van der Waals surface area contributed by atoms with E-state index in [9.17, 15) is 14.7 Å². The van der Waals surface area contributed by atoms with Gasteiger partial charge in [-0.3, -0.25) is 9.59 Å². The van der Waals surface area contributed by atoms with Crippen LogP contribution in [0.4, 0.5) is 0 Å². The number of hydrogen-bond acceptors (Lipinski definition) is 4. The Morgan fingerprint density at radius 2 is 1.83 bits per heavy atom. The number of piperidine rings is 3. The third kappa shape index (κ3) is 2.11. The van der Waals surface area contributed by atoms with E-state index < -0.39 is 23.0 Å². The number of aliphatic carboxylic acids is 1. The van der Waals surface area contributed by atoms with Crippen molar-refractivity contribution >= 4 is 11.9 Å². The van der Waals surface area contributed by atoms with Crippen molar-refractivity contribution in [2.24, 2.45) is 11.3 Å². The molecule has 1 N–H and O–H groups in total. The molecule has 1 atom stereocenters. The van der Waals surface area contributed by atoms with E-state index in [4.69, 9.17) is 4.74 Å². The second-order valence-electron chi connectivity index (χ2n) is 6.33. The topological polar surface area (TPSA) is 66.8 Å². The molecule has 3 saturated heterocycles. The van der Waals surface area contributed by atoms with Crippen LogP contribution in [0.5, 0.6) is 0 Å². The molecule has 0 aromatic carbocycles. The second kappa shape index (κ2) is 4.23. The second-order valence-corrected chi connectivity index (χ2v) is 6.33. The van der Waals surface area contributed by atoms with Crippen LogP contribution in [0.1, 0.15) is 33.6 Å². The Bertz CT molecular complexity index is 366. The minimum atomic E-state index is -1.36. The van der Waals surface area contributed by atoms with Gasteiger partial charge in [0.25, 0.3) is 0 Å². The van der Waals surface area contributed by atoms with E-state index in [2.05, 4.69) is 4.90 Å². The molecule has 0 amide bonds. The Kier molecular flexibility index (Phi) is 3.13. The minimum absolute atomic E-state index is 0.0881. The van der Waals surface area contributed by atoms with Gasteiger partial charge < -0.3 is 14.7 Å². The van der Waals surface area contributed by atoms with Gasteiger partial charge in [-0.15, -0.1) is 0 Å². The van der Waals surface area contributed by atoms with Crippen LogP contribution in [0.15, 0.2) is 0 Å². The standard InChI is InChI=1S/C13H21NO4/c1-12(2,3)18-11(17)13(10(15)16)8-14-6-4-9(13)5-7-14/h9H,4-8H2,1-3H3,(H,15,16). The van der Waals surface area contributed by atoms with E-state index in [-0.39, 0.29) is 5.92 Å². The van der Waals surface area contributed by atoms with Gasteiger partial charge in [-0.1, -0.05) is 0 Å². The van der Waals surface area contributed by atoms with Gasteiger partial charge in [0.15, 0.2) is 5.41 Å². The van der Waals surface area contributed by atoms with Crippen LogP contribution in [0, 0.1) is 11.3 Å². The van der Waals surface area contributed by atoms with Crippen LogP contribution < -0.4 is 0 Å². The predicted octanol–water partition coefficient (Wildman–Crippen LogP) is 1.12. The highest BCUT2D eigenvalue weighted by atomic mass is 16.6. The summed E-state index contributed by atoms with van der Waals surface area (Å²) in [5, 5.41) is 9.55. The fourth-order valence-electron chi connectivity index (χ4n) is 3.00. The molecule has 0 aromatic rings. The van der Waals surface area contributed by atoms with Gasteiger partial charge in [0, 0.05) is 6.54 Å². The summed E-state index contributed by atoms with van der Waals surface area (Å²) in [5.41, 5.74) is -2.00. The molecule has 5 nitrogen and oxygen atoms in total. The van der Waals surface area contributed by atoms with Gasteiger partial charge >= 0.3 is 11.9 Å². The molecular weight excluding hydrogens is 234 g/mol. The van der Waals surface area contributed by atoms with Gasteiger partial charge in [-0.2, -0.15) is 0 Å². The van der Waals surface area contributed by atoms with Crippen molar-refractivity contribution in [2.45, 2.75) is 39.2 Å². The van der Waals surface area contributed by atoms with Gasteiger partial charge in [-0.25, -0.2) is 0 Å². The Balaban J connectivity index is 2.28. The summed E-state index contributed by atoms with van der Waals surface area (Å²) in [4.78, 5) is 26.1. The number of fused-ring (bicyclic) bond motifs is 3. The monoisotopic (exact) mass is 255 g/mol. The lowest BCUT2D eigenvalue weighted by Crippen LogP contribution is -2.62. The third-order valence-corrected chi connectivity index (χ3v) is 3.90. The van der Waals surface area contributed by atoms with E-state index in [1.807, 2.05) is 0 Å². The zero-order valence-electron chi connectivity index (χ0n) is 11.2. The zero-order chi connectivity index (χ0) is 13.6. The number of carboxylic acid groups (broad SMARTS) is 1. The molecule has 3 rings (SSSR count). The molecule has 1 unspecified atom stereocenters. The summed E-state index contributed by atoms with van der Waals surface area (Å²) in [6, 6.07) is 0. The minimum Gasteiger partial charge on any atom is -0.480 e. The molecule has 5 heteroatoms. The number of esters is 1. The van der Waals surface area contributed by atoms with E-state index in [1.165, 1.54) is 0 Å². The Hall–Kier alpha value is -1.10. The lowest BCUT2D eigenvalue weighted by molar-refractivity contribution is -0.191. The first-order chi connectivity index (χ1) is 8.25. The number of carboxylic acids is 1. The first-order valence-electron chi connectivity index (χ1n) is 6.45. The predicted molar refractivity (Wildman–Crippen MR) is 65.1 cm³/mol. The van der Waals surface area contributed by atoms with Gasteiger partial charge in [0.05, 0.1) is 0 Å². The molecule has 3 fully saturated rings. The molecular formula is C13H21NO4. The number of hydrogen-bond donors (Lipinski definition) is 1. The highest BCUT2D eigenvalue weighted by molar-refractivity contribution is 6.00. The first-order valence-corrected chi connectivity index (χ1v) is 6.45. The number of rotatable bonds is 2. The van der Waals surface area contributed by atoms with Gasteiger partial charge in [0.1, 0.15) is 5.60 Å². The summed E-state index contributed by atoms with van der Waals surface area (Å²) in [7, 11) is 0. The maximum atomic E-state index is 12.3. The lowest BCUT2D eigenvalue weighted by Gasteiger charge is -2.49. The summed E-state index contributed by atoms with van der Waals surface area (Å²) < 4.78 is 5.35. The summed E-state index contributed by atoms with van der Waals surface area (Å²) in [6.45, 7) is 7.37. The molecule has 0 spiro atoms. The Morgan fingerprint density at radius 1 is 1.28 bits per heavy atom. The van der Waals surface area contributed by atoms with Crippen molar-refractivity contribution < 1.29 is 19.4 Å². The van der Waals surface area contributed by atoms with Crippen LogP contribution in [0.25, 0.3) is 0 Å². The fraction of sp³-hybridized carbons (Fsp3) is 0.846. The Labute approximate surface area is 107 Å². The normalized spacial score (nSPS) is 35.3. The zero-order valence-corrected chi connectivity index (χ0v) is 11.2. The summed E-state index contributed by atoms with van der Waals surface area (Å²) >= 11 is 0. The SMILES string of the molecule is CC(C)(C)OC(=O)C1(C(=O)O)CN2CCC1CC2. The largest absolute Gasteiger partial charge is 0.480 e. The number of carbonyl (C=O) groups is 2. The molecule has 102 valence electrons. The van der Waals surface area contributed by atoms with Crippen LogP contribution in [-0.4, -0.2) is 47.2 Å². The third-order valence-electron chi connectivity index (χ3n) is 3.90. The van der Waals surface area contributed by atoms with E-state index in [0.29, 0.717) is 6.54 Å². The molecule has 18 heavy (non-hydrogen) atoms. The highest BCUT2D eigenvalue weighted by Gasteiger charge is 2.59. The van der Waals surface area contributed by atoms with Crippen molar-refractivity contribution in [1.29, 1.82) is 0 Å². The molecule has 0 radical (unpaired) electrons. The number of carbonyl (C=O) groups excluding carboxylic acids is 1. The highest BCUT2D eigenvalue weighted by Crippen LogP contribution is 2.44. The van der Waals surface area contributed by atoms with Crippen molar-refractivity contribution in [3.05, 3.63) is 0 Å². The maximum absolute atomic E-state index is 12.3. The van der Waals surface area contributed by atoms with Crippen LogP contribution >= 0.6 is 0 Å². The first kappa shape index (κ1) is 13.3. The van der Waals surface area contributed by atoms with Crippen molar-refractivity contribution in [3.8, 4) is 0 Å². The van der Waals surface area contributed by atoms with Crippen LogP contribution in [0.2, 0.25) is 0 Å². The average Bonchev–Trinajstić information content (AvgIpc) is 2.27. The van der Waals surface area contributed by atoms with E-state index >= 15 is 0 Å². The number of nitrogens with zero attached hydrogens (tertiary/aromatic N) is 1. The molecule has 3 aliphatic rings. The molecule has 3 aliphatic heterocycles. The van der Waals surface area contributed by atoms with Gasteiger partial charge in [0.2, 0.25) is 0 Å². The van der Waals surface area contributed by atoms with Crippen molar-refractivity contribution in [2.75, 3.05) is 19.6 Å². The quantitative estimate of drug-likeness (QED) is 0.591. The number of ether oxygens (including phenoxy) is 1. The molecule has 0 aliphatic carbocycles.